The van der Waals surface area contributed by atoms with Crippen LogP contribution >= 0.6 is 0 Å². The summed E-state index contributed by atoms with van der Waals surface area (Å²) in [4.78, 5) is 12.3. The second-order valence-corrected chi connectivity index (χ2v) is 4.46. The lowest BCUT2D eigenvalue weighted by atomic mass is 10.0. The Bertz CT molecular complexity index is 707. The maximum atomic E-state index is 12.3. The highest BCUT2D eigenvalue weighted by Crippen LogP contribution is 2.16. The first-order chi connectivity index (χ1) is 9.60. The summed E-state index contributed by atoms with van der Waals surface area (Å²) < 4.78 is 0. The molecule has 2 aromatic carbocycles. The fraction of sp³-hybridized carbons (Fsp3) is 0.0588. The molecule has 0 amide bonds. The van der Waals surface area contributed by atoms with E-state index in [1.54, 1.807) is 30.3 Å². The molecule has 0 bridgehead atoms. The number of phenols is 1. The van der Waals surface area contributed by atoms with Gasteiger partial charge in [-0.1, -0.05) is 35.9 Å². The molecule has 0 saturated carbocycles. The Morgan fingerprint density at radius 1 is 1.20 bits per heavy atom. The molecule has 0 aliphatic heterocycles. The molecule has 0 atom stereocenters. The van der Waals surface area contributed by atoms with Crippen molar-refractivity contribution in [1.29, 1.82) is 5.26 Å². The number of benzene rings is 2. The minimum Gasteiger partial charge on any atom is -0.508 e. The quantitative estimate of drug-likeness (QED) is 0.524. The van der Waals surface area contributed by atoms with Crippen LogP contribution < -0.4 is 0 Å². The second-order valence-electron chi connectivity index (χ2n) is 4.46. The average molecular weight is 263 g/mol. The van der Waals surface area contributed by atoms with Crippen molar-refractivity contribution < 1.29 is 9.90 Å². The van der Waals surface area contributed by atoms with Gasteiger partial charge in [0.1, 0.15) is 17.4 Å². The summed E-state index contributed by atoms with van der Waals surface area (Å²) in [5.74, 6) is -0.157. The highest BCUT2D eigenvalue weighted by atomic mass is 16.3. The summed E-state index contributed by atoms with van der Waals surface area (Å²) in [7, 11) is 0. The van der Waals surface area contributed by atoms with Crippen molar-refractivity contribution >= 4 is 11.9 Å². The van der Waals surface area contributed by atoms with E-state index in [0.717, 1.165) is 5.56 Å². The molecule has 3 nitrogen and oxygen atoms in total. The van der Waals surface area contributed by atoms with Crippen molar-refractivity contribution in [1.82, 2.24) is 0 Å². The molecular formula is C17H13NO2. The molecule has 2 rings (SSSR count). The Labute approximate surface area is 117 Å². The lowest BCUT2D eigenvalue weighted by Crippen LogP contribution is -2.02. The first-order valence-corrected chi connectivity index (χ1v) is 6.12. The smallest absolute Gasteiger partial charge is 0.203 e. The number of Topliss-reactive ketones (excluding diaryl/α,β-unsaturated/α-hetero) is 1. The highest BCUT2D eigenvalue weighted by molar-refractivity contribution is 6.14. The Morgan fingerprint density at radius 3 is 2.50 bits per heavy atom. The van der Waals surface area contributed by atoms with E-state index in [2.05, 4.69) is 0 Å². The largest absolute Gasteiger partial charge is 0.508 e. The van der Waals surface area contributed by atoms with Crippen LogP contribution in [0.2, 0.25) is 0 Å². The molecule has 1 N–H and O–H groups in total. The summed E-state index contributed by atoms with van der Waals surface area (Å²) in [5, 5.41) is 18.4. The molecule has 0 aliphatic rings. The Hall–Kier alpha value is -2.86. The Morgan fingerprint density at radius 2 is 1.90 bits per heavy atom. The van der Waals surface area contributed by atoms with E-state index in [0.29, 0.717) is 11.1 Å². The van der Waals surface area contributed by atoms with Crippen molar-refractivity contribution in [2.75, 3.05) is 0 Å². The van der Waals surface area contributed by atoms with Gasteiger partial charge in [0.25, 0.3) is 0 Å². The molecular weight excluding hydrogens is 250 g/mol. The van der Waals surface area contributed by atoms with E-state index in [1.807, 2.05) is 19.1 Å². The first kappa shape index (κ1) is 13.6. The molecule has 0 aromatic heterocycles. The zero-order valence-electron chi connectivity index (χ0n) is 11.0. The lowest BCUT2D eigenvalue weighted by molar-refractivity contribution is 0.104. The Kier molecular flexibility index (Phi) is 3.97. The zero-order valence-corrected chi connectivity index (χ0v) is 11.0. The molecule has 3 heteroatoms. The van der Waals surface area contributed by atoms with Gasteiger partial charge >= 0.3 is 0 Å². The third kappa shape index (κ3) is 3.12. The second kappa shape index (κ2) is 5.85. The monoisotopic (exact) mass is 263 g/mol. The van der Waals surface area contributed by atoms with E-state index < -0.39 is 0 Å². The summed E-state index contributed by atoms with van der Waals surface area (Å²) >= 11 is 0. The van der Waals surface area contributed by atoms with E-state index in [1.165, 1.54) is 18.2 Å². The molecule has 0 heterocycles. The number of carbonyl (C=O) groups is 1. The van der Waals surface area contributed by atoms with Crippen LogP contribution in [0.5, 0.6) is 5.75 Å². The summed E-state index contributed by atoms with van der Waals surface area (Å²) in [6.45, 7) is 1.90. The van der Waals surface area contributed by atoms with Gasteiger partial charge in [-0.3, -0.25) is 4.79 Å². The number of aromatic hydroxyl groups is 1. The SMILES string of the molecule is Cc1cccc(C(=O)/C(C#N)=C/c2ccc(O)cc2)c1. The van der Waals surface area contributed by atoms with Crippen LogP contribution in [0, 0.1) is 18.3 Å². The number of carbonyl (C=O) groups excluding carboxylic acids is 1. The average Bonchev–Trinajstić information content (AvgIpc) is 2.46. The van der Waals surface area contributed by atoms with Crippen molar-refractivity contribution in [3.05, 3.63) is 70.8 Å². The molecule has 98 valence electrons. The molecule has 0 spiro atoms. The van der Waals surface area contributed by atoms with Gasteiger partial charge in [0, 0.05) is 5.56 Å². The van der Waals surface area contributed by atoms with Crippen molar-refractivity contribution in [3.8, 4) is 11.8 Å². The Balaban J connectivity index is 2.35. The maximum absolute atomic E-state index is 12.3. The van der Waals surface area contributed by atoms with Gasteiger partial charge < -0.3 is 5.11 Å². The van der Waals surface area contributed by atoms with E-state index in [4.69, 9.17) is 5.26 Å². The van der Waals surface area contributed by atoms with Crippen LogP contribution in [0.1, 0.15) is 21.5 Å². The van der Waals surface area contributed by atoms with Crippen molar-refractivity contribution in [2.45, 2.75) is 6.92 Å². The molecule has 0 radical (unpaired) electrons. The van der Waals surface area contributed by atoms with Gasteiger partial charge in [-0.25, -0.2) is 0 Å². The van der Waals surface area contributed by atoms with Crippen molar-refractivity contribution in [2.24, 2.45) is 0 Å². The number of ketones is 1. The van der Waals surface area contributed by atoms with Gasteiger partial charge in [-0.15, -0.1) is 0 Å². The number of allylic oxidation sites excluding steroid dienone is 1. The summed E-state index contributed by atoms with van der Waals surface area (Å²) in [5.41, 5.74) is 2.23. The lowest BCUT2D eigenvalue weighted by Gasteiger charge is -2.01. The number of nitriles is 1. The van der Waals surface area contributed by atoms with E-state index in [-0.39, 0.29) is 17.1 Å². The van der Waals surface area contributed by atoms with Crippen molar-refractivity contribution in [3.63, 3.8) is 0 Å². The van der Waals surface area contributed by atoms with Crippen LogP contribution in [-0.2, 0) is 0 Å². The molecule has 20 heavy (non-hydrogen) atoms. The fourth-order valence-corrected chi connectivity index (χ4v) is 1.83. The third-order valence-electron chi connectivity index (χ3n) is 2.85. The van der Waals surface area contributed by atoms with Gasteiger partial charge in [0.15, 0.2) is 0 Å². The van der Waals surface area contributed by atoms with Crippen LogP contribution in [-0.4, -0.2) is 10.9 Å². The van der Waals surface area contributed by atoms with Gasteiger partial charge in [-0.2, -0.15) is 5.26 Å². The minimum atomic E-state index is -0.302. The summed E-state index contributed by atoms with van der Waals surface area (Å²) in [6, 6.07) is 15.4. The van der Waals surface area contributed by atoms with E-state index >= 15 is 0 Å². The highest BCUT2D eigenvalue weighted by Gasteiger charge is 2.12. The fourth-order valence-electron chi connectivity index (χ4n) is 1.83. The zero-order chi connectivity index (χ0) is 14.5. The first-order valence-electron chi connectivity index (χ1n) is 6.12. The van der Waals surface area contributed by atoms with Crippen LogP contribution in [0.3, 0.4) is 0 Å². The van der Waals surface area contributed by atoms with Crippen LogP contribution in [0.25, 0.3) is 6.08 Å². The maximum Gasteiger partial charge on any atom is 0.203 e. The summed E-state index contributed by atoms with van der Waals surface area (Å²) in [6.07, 6.45) is 1.52. The number of hydrogen-bond acceptors (Lipinski definition) is 3. The minimum absolute atomic E-state index is 0.0706. The van der Waals surface area contributed by atoms with E-state index in [9.17, 15) is 9.90 Å². The molecule has 0 unspecified atom stereocenters. The number of phenolic OH excluding ortho intramolecular Hbond substituents is 1. The van der Waals surface area contributed by atoms with Gasteiger partial charge in [0.2, 0.25) is 5.78 Å². The predicted molar refractivity (Wildman–Crippen MR) is 77.2 cm³/mol. The third-order valence-corrected chi connectivity index (χ3v) is 2.85. The predicted octanol–water partition coefficient (Wildman–Crippen LogP) is 3.49. The van der Waals surface area contributed by atoms with Crippen LogP contribution in [0.4, 0.5) is 0 Å². The molecule has 0 aliphatic carbocycles. The topological polar surface area (TPSA) is 61.1 Å². The number of nitrogens with zero attached hydrogens (tertiary/aromatic N) is 1. The van der Waals surface area contributed by atoms with Crippen LogP contribution in [0.15, 0.2) is 54.1 Å². The standard InChI is InChI=1S/C17H13NO2/c1-12-3-2-4-14(9-12)17(20)15(11-18)10-13-5-7-16(19)8-6-13/h2-10,19H,1H3/b15-10+. The number of rotatable bonds is 3. The normalized spacial score (nSPS) is 10.9. The molecule has 0 saturated heterocycles. The van der Waals surface area contributed by atoms with Gasteiger partial charge in [0.05, 0.1) is 0 Å². The molecule has 0 fully saturated rings. The van der Waals surface area contributed by atoms with Gasteiger partial charge in [-0.05, 0) is 36.8 Å². The number of hydrogen-bond donors (Lipinski definition) is 1. The number of aryl methyl sites for hydroxylation is 1. The molecule has 2 aromatic rings.